The van der Waals surface area contributed by atoms with Crippen molar-refractivity contribution in [3.63, 3.8) is 0 Å². The number of phenolic OH excluding ortho intramolecular Hbond substituents is 1. The zero-order valence-corrected chi connectivity index (χ0v) is 11.6. The largest absolute Gasteiger partial charge is 0.506 e. The third kappa shape index (κ3) is 3.30. The molecule has 6 heteroatoms. The van der Waals surface area contributed by atoms with Crippen molar-refractivity contribution < 1.29 is 9.63 Å². The Balaban J connectivity index is 1.80. The van der Waals surface area contributed by atoms with E-state index in [1.165, 1.54) is 0 Å². The lowest BCUT2D eigenvalue weighted by Crippen LogP contribution is -2.16. The van der Waals surface area contributed by atoms with Crippen molar-refractivity contribution in [1.82, 2.24) is 15.5 Å². The number of benzene rings is 1. The minimum Gasteiger partial charge on any atom is -0.506 e. The number of rotatable bonds is 5. The van der Waals surface area contributed by atoms with Crippen LogP contribution in [0.2, 0.25) is 0 Å². The number of nitrogens with one attached hydrogen (secondary N) is 1. The van der Waals surface area contributed by atoms with Crippen LogP contribution in [0.5, 0.6) is 5.75 Å². The summed E-state index contributed by atoms with van der Waals surface area (Å²) in [5.74, 6) is 1.55. The summed E-state index contributed by atoms with van der Waals surface area (Å²) in [5.41, 5.74) is 0.853. The number of hydrogen-bond acceptors (Lipinski definition) is 5. The molecule has 0 aliphatic rings. The minimum absolute atomic E-state index is 0.277. The van der Waals surface area contributed by atoms with Gasteiger partial charge in [0.25, 0.3) is 0 Å². The Labute approximate surface area is 113 Å². The van der Waals surface area contributed by atoms with Gasteiger partial charge in [-0.25, -0.2) is 0 Å². The summed E-state index contributed by atoms with van der Waals surface area (Å²) < 4.78 is 5.70. The number of phenols is 1. The Morgan fingerprint density at radius 1 is 1.44 bits per heavy atom. The first-order valence-electron chi connectivity index (χ1n) is 5.63. The van der Waals surface area contributed by atoms with E-state index >= 15 is 0 Å². The molecule has 1 heterocycles. The molecule has 0 unspecified atom stereocenters. The average Bonchev–Trinajstić information content (AvgIpc) is 2.76. The number of nitrogens with zero attached hydrogens (tertiary/aromatic N) is 2. The molecule has 96 valence electrons. The Morgan fingerprint density at radius 3 is 3.00 bits per heavy atom. The molecule has 0 atom stereocenters. The molecule has 2 aromatic rings. The van der Waals surface area contributed by atoms with E-state index in [0.717, 1.165) is 5.56 Å². The van der Waals surface area contributed by atoms with Crippen LogP contribution < -0.4 is 5.32 Å². The molecule has 0 aliphatic carbocycles. The second-order valence-corrected chi connectivity index (χ2v) is 4.76. The molecule has 0 saturated heterocycles. The van der Waals surface area contributed by atoms with Crippen LogP contribution in [0, 0.1) is 6.92 Å². The van der Waals surface area contributed by atoms with Gasteiger partial charge >= 0.3 is 0 Å². The molecule has 0 fully saturated rings. The fraction of sp³-hybridized carbons (Fsp3) is 0.333. The molecule has 0 saturated carbocycles. The molecular formula is C12H14BrN3O2. The molecule has 0 aliphatic heterocycles. The van der Waals surface area contributed by atoms with Gasteiger partial charge in [0, 0.05) is 25.1 Å². The van der Waals surface area contributed by atoms with Crippen LogP contribution in [0.1, 0.15) is 17.3 Å². The van der Waals surface area contributed by atoms with Gasteiger partial charge in [-0.15, -0.1) is 0 Å². The van der Waals surface area contributed by atoms with Crippen LogP contribution in [0.4, 0.5) is 0 Å². The summed E-state index contributed by atoms with van der Waals surface area (Å²) in [7, 11) is 0. The molecule has 2 N–H and O–H groups in total. The highest BCUT2D eigenvalue weighted by Gasteiger charge is 2.05. The predicted octanol–water partition coefficient (Wildman–Crippen LogP) is 2.18. The van der Waals surface area contributed by atoms with Gasteiger partial charge in [0.2, 0.25) is 5.89 Å². The molecule has 18 heavy (non-hydrogen) atoms. The summed E-state index contributed by atoms with van der Waals surface area (Å²) in [5, 5.41) is 16.7. The molecule has 1 aromatic heterocycles. The molecule has 5 nitrogen and oxygen atoms in total. The van der Waals surface area contributed by atoms with Crippen molar-refractivity contribution in [2.45, 2.75) is 19.9 Å². The SMILES string of the molecule is Cc1noc(CCNCc2cccc(Br)c2O)n1. The van der Waals surface area contributed by atoms with Crippen molar-refractivity contribution in [3.8, 4) is 5.75 Å². The average molecular weight is 312 g/mol. The van der Waals surface area contributed by atoms with Crippen molar-refractivity contribution in [2.24, 2.45) is 0 Å². The van der Waals surface area contributed by atoms with Crippen LogP contribution in [-0.2, 0) is 13.0 Å². The maximum atomic E-state index is 9.79. The van der Waals surface area contributed by atoms with E-state index in [2.05, 4.69) is 31.4 Å². The van der Waals surface area contributed by atoms with Gasteiger partial charge in [0.15, 0.2) is 5.82 Å². The number of hydrogen-bond donors (Lipinski definition) is 2. The molecule has 0 radical (unpaired) electrons. The fourth-order valence-corrected chi connectivity index (χ4v) is 1.97. The Morgan fingerprint density at radius 2 is 2.28 bits per heavy atom. The Hall–Kier alpha value is -1.40. The predicted molar refractivity (Wildman–Crippen MR) is 70.3 cm³/mol. The highest BCUT2D eigenvalue weighted by atomic mass is 79.9. The summed E-state index contributed by atoms with van der Waals surface area (Å²) >= 11 is 3.28. The highest BCUT2D eigenvalue weighted by Crippen LogP contribution is 2.27. The zero-order chi connectivity index (χ0) is 13.0. The minimum atomic E-state index is 0.277. The molecule has 0 bridgehead atoms. The van der Waals surface area contributed by atoms with Crippen LogP contribution in [-0.4, -0.2) is 21.8 Å². The van der Waals surface area contributed by atoms with Crippen LogP contribution in [0.3, 0.4) is 0 Å². The zero-order valence-electron chi connectivity index (χ0n) is 9.98. The summed E-state index contributed by atoms with van der Waals surface area (Å²) in [6.07, 6.45) is 0.676. The molecular weight excluding hydrogens is 298 g/mol. The smallest absolute Gasteiger partial charge is 0.227 e. The number of aromatic hydroxyl groups is 1. The maximum absolute atomic E-state index is 9.79. The lowest BCUT2D eigenvalue weighted by molar-refractivity contribution is 0.372. The van der Waals surface area contributed by atoms with E-state index in [9.17, 15) is 5.11 Å². The van der Waals surface area contributed by atoms with E-state index in [1.807, 2.05) is 12.1 Å². The third-order valence-electron chi connectivity index (χ3n) is 2.47. The number of para-hydroxylation sites is 1. The van der Waals surface area contributed by atoms with E-state index in [-0.39, 0.29) is 5.75 Å². The molecule has 2 rings (SSSR count). The Kier molecular flexibility index (Phi) is 4.33. The first kappa shape index (κ1) is 13.0. The van der Waals surface area contributed by atoms with E-state index in [0.29, 0.717) is 35.7 Å². The fourth-order valence-electron chi connectivity index (χ4n) is 1.56. The molecule has 0 amide bonds. The Bertz CT molecular complexity index is 528. The monoisotopic (exact) mass is 311 g/mol. The van der Waals surface area contributed by atoms with Gasteiger partial charge in [-0.1, -0.05) is 17.3 Å². The lowest BCUT2D eigenvalue weighted by Gasteiger charge is -2.06. The second-order valence-electron chi connectivity index (χ2n) is 3.91. The van der Waals surface area contributed by atoms with Crippen LogP contribution >= 0.6 is 15.9 Å². The highest BCUT2D eigenvalue weighted by molar-refractivity contribution is 9.10. The summed E-state index contributed by atoms with van der Waals surface area (Å²) in [4.78, 5) is 4.11. The van der Waals surface area contributed by atoms with E-state index < -0.39 is 0 Å². The second kappa shape index (κ2) is 5.97. The van der Waals surface area contributed by atoms with E-state index in [4.69, 9.17) is 4.52 Å². The number of halogens is 1. The van der Waals surface area contributed by atoms with Gasteiger partial charge in [0.1, 0.15) is 5.75 Å². The van der Waals surface area contributed by atoms with Gasteiger partial charge in [-0.2, -0.15) is 4.98 Å². The van der Waals surface area contributed by atoms with Crippen molar-refractivity contribution in [1.29, 1.82) is 0 Å². The molecule has 1 aromatic carbocycles. The quantitative estimate of drug-likeness (QED) is 0.828. The van der Waals surface area contributed by atoms with Gasteiger partial charge in [-0.3, -0.25) is 0 Å². The van der Waals surface area contributed by atoms with Gasteiger partial charge in [0.05, 0.1) is 4.47 Å². The topological polar surface area (TPSA) is 71.2 Å². The third-order valence-corrected chi connectivity index (χ3v) is 3.11. The lowest BCUT2D eigenvalue weighted by atomic mass is 10.2. The maximum Gasteiger partial charge on any atom is 0.227 e. The van der Waals surface area contributed by atoms with Crippen molar-refractivity contribution in [2.75, 3.05) is 6.54 Å². The number of aromatic nitrogens is 2. The summed E-state index contributed by atoms with van der Waals surface area (Å²) in [6.45, 7) is 3.10. The summed E-state index contributed by atoms with van der Waals surface area (Å²) in [6, 6.07) is 5.58. The van der Waals surface area contributed by atoms with Crippen molar-refractivity contribution >= 4 is 15.9 Å². The molecule has 0 spiro atoms. The first-order valence-corrected chi connectivity index (χ1v) is 6.42. The standard InChI is InChI=1S/C12H14BrN3O2/c1-8-15-11(18-16-8)5-6-14-7-9-3-2-4-10(13)12(9)17/h2-4,14,17H,5-7H2,1H3. The normalized spacial score (nSPS) is 10.8. The number of aryl methyl sites for hydroxylation is 1. The van der Waals surface area contributed by atoms with Crippen LogP contribution in [0.15, 0.2) is 27.2 Å². The van der Waals surface area contributed by atoms with Gasteiger partial charge in [-0.05, 0) is 28.9 Å². The van der Waals surface area contributed by atoms with Crippen molar-refractivity contribution in [3.05, 3.63) is 40.0 Å². The van der Waals surface area contributed by atoms with Crippen LogP contribution in [0.25, 0.3) is 0 Å². The first-order chi connectivity index (χ1) is 8.66. The van der Waals surface area contributed by atoms with E-state index in [1.54, 1.807) is 13.0 Å². The van der Waals surface area contributed by atoms with Gasteiger partial charge < -0.3 is 14.9 Å².